The molecule has 0 aromatic heterocycles. The van der Waals surface area contributed by atoms with Crippen LogP contribution < -0.4 is 11.1 Å². The maximum absolute atomic E-state index is 13.2. The van der Waals surface area contributed by atoms with Gasteiger partial charge in [0.15, 0.2) is 0 Å². The molecule has 0 saturated carbocycles. The van der Waals surface area contributed by atoms with E-state index in [-0.39, 0.29) is 11.6 Å². The maximum atomic E-state index is 13.2. The minimum Gasteiger partial charge on any atom is -0.399 e. The monoisotopic (exact) mass is 291 g/mol. The molecule has 0 atom stereocenters. The molecule has 0 saturated heterocycles. The molecular weight excluding hydrogens is 276 g/mol. The fourth-order valence-corrected chi connectivity index (χ4v) is 1.87. The number of halogens is 2. The van der Waals surface area contributed by atoms with Crippen molar-refractivity contribution in [1.29, 1.82) is 0 Å². The molecule has 4 nitrogen and oxygen atoms in total. The lowest BCUT2D eigenvalue weighted by molar-refractivity contribution is 0.0828. The van der Waals surface area contributed by atoms with Gasteiger partial charge in [-0.3, -0.25) is 4.79 Å². The van der Waals surface area contributed by atoms with E-state index < -0.39 is 11.6 Å². The Hall–Kier alpha value is -2.63. The van der Waals surface area contributed by atoms with Crippen molar-refractivity contribution < 1.29 is 13.6 Å². The van der Waals surface area contributed by atoms with Crippen molar-refractivity contribution in [3.8, 4) is 0 Å². The van der Waals surface area contributed by atoms with Crippen LogP contribution in [-0.4, -0.2) is 24.9 Å². The zero-order valence-electron chi connectivity index (χ0n) is 11.7. The quantitative estimate of drug-likeness (QED) is 0.855. The first-order valence-electron chi connectivity index (χ1n) is 6.21. The van der Waals surface area contributed by atoms with Gasteiger partial charge in [0.05, 0.1) is 11.3 Å². The third-order valence-corrected chi connectivity index (χ3v) is 2.82. The van der Waals surface area contributed by atoms with Crippen LogP contribution in [-0.2, 0) is 0 Å². The van der Waals surface area contributed by atoms with E-state index in [4.69, 9.17) is 5.73 Å². The number of rotatable bonds is 3. The van der Waals surface area contributed by atoms with Gasteiger partial charge in [-0.15, -0.1) is 0 Å². The van der Waals surface area contributed by atoms with E-state index in [1.807, 2.05) is 0 Å². The molecule has 2 rings (SSSR count). The standard InChI is InChI=1S/C15H15F2N3O/c1-20(2)15(21)13-4-3-11(18)8-14(13)19-12-6-9(16)5-10(17)7-12/h3-8,19H,18H2,1-2H3. The zero-order chi connectivity index (χ0) is 15.6. The Morgan fingerprint density at radius 1 is 1.10 bits per heavy atom. The third-order valence-electron chi connectivity index (χ3n) is 2.82. The second-order valence-corrected chi connectivity index (χ2v) is 4.79. The van der Waals surface area contributed by atoms with Crippen molar-refractivity contribution in [3.05, 3.63) is 53.6 Å². The number of amides is 1. The van der Waals surface area contributed by atoms with E-state index in [2.05, 4.69) is 5.32 Å². The summed E-state index contributed by atoms with van der Waals surface area (Å²) in [5.74, 6) is -1.65. The van der Waals surface area contributed by atoms with Crippen LogP contribution in [0.1, 0.15) is 10.4 Å². The van der Waals surface area contributed by atoms with Gasteiger partial charge in [0.2, 0.25) is 0 Å². The molecule has 21 heavy (non-hydrogen) atoms. The van der Waals surface area contributed by atoms with Crippen molar-refractivity contribution in [2.75, 3.05) is 25.1 Å². The van der Waals surface area contributed by atoms with E-state index in [9.17, 15) is 13.6 Å². The molecule has 0 heterocycles. The van der Waals surface area contributed by atoms with Crippen LogP contribution in [0.2, 0.25) is 0 Å². The summed E-state index contributed by atoms with van der Waals surface area (Å²) in [6.45, 7) is 0. The Morgan fingerprint density at radius 2 is 1.71 bits per heavy atom. The molecule has 110 valence electrons. The van der Waals surface area contributed by atoms with Crippen LogP contribution in [0.3, 0.4) is 0 Å². The van der Waals surface area contributed by atoms with Crippen LogP contribution in [0.5, 0.6) is 0 Å². The van der Waals surface area contributed by atoms with Crippen LogP contribution in [0.15, 0.2) is 36.4 Å². The first-order valence-corrected chi connectivity index (χ1v) is 6.21. The molecule has 3 N–H and O–H groups in total. The number of nitrogens with two attached hydrogens (primary N) is 1. The smallest absolute Gasteiger partial charge is 0.255 e. The second kappa shape index (κ2) is 5.78. The van der Waals surface area contributed by atoms with Crippen LogP contribution in [0, 0.1) is 11.6 Å². The normalized spacial score (nSPS) is 10.3. The minimum atomic E-state index is -0.707. The number of carbonyl (C=O) groups is 1. The molecule has 0 unspecified atom stereocenters. The highest BCUT2D eigenvalue weighted by Crippen LogP contribution is 2.25. The highest BCUT2D eigenvalue weighted by Gasteiger charge is 2.14. The summed E-state index contributed by atoms with van der Waals surface area (Å²) in [7, 11) is 3.23. The average molecular weight is 291 g/mol. The minimum absolute atomic E-state index is 0.200. The van der Waals surface area contributed by atoms with Gasteiger partial charge in [-0.1, -0.05) is 0 Å². The lowest BCUT2D eigenvalue weighted by atomic mass is 10.1. The van der Waals surface area contributed by atoms with Crippen LogP contribution >= 0.6 is 0 Å². The van der Waals surface area contributed by atoms with Crippen molar-refractivity contribution in [1.82, 2.24) is 4.90 Å². The van der Waals surface area contributed by atoms with Gasteiger partial charge < -0.3 is 16.0 Å². The number of anilines is 3. The van der Waals surface area contributed by atoms with Crippen molar-refractivity contribution >= 4 is 23.0 Å². The molecule has 2 aromatic rings. The van der Waals surface area contributed by atoms with Gasteiger partial charge in [-0.05, 0) is 30.3 Å². The van der Waals surface area contributed by atoms with Crippen LogP contribution in [0.4, 0.5) is 25.8 Å². The van der Waals surface area contributed by atoms with Gasteiger partial charge in [0.1, 0.15) is 11.6 Å². The Labute approximate surface area is 121 Å². The molecule has 0 aliphatic rings. The Bertz CT molecular complexity index is 666. The lowest BCUT2D eigenvalue weighted by Gasteiger charge is -2.16. The number of carbonyl (C=O) groups excluding carboxylic acids is 1. The summed E-state index contributed by atoms with van der Waals surface area (Å²) in [6, 6.07) is 7.74. The summed E-state index contributed by atoms with van der Waals surface area (Å²) in [6.07, 6.45) is 0. The number of benzene rings is 2. The molecular formula is C15H15F2N3O. The van der Waals surface area contributed by atoms with E-state index in [1.54, 1.807) is 32.3 Å². The first-order chi connectivity index (χ1) is 9.86. The Morgan fingerprint density at radius 3 is 2.29 bits per heavy atom. The summed E-state index contributed by atoms with van der Waals surface area (Å²) in [5, 5.41) is 2.82. The van der Waals surface area contributed by atoms with Gasteiger partial charge in [-0.2, -0.15) is 0 Å². The summed E-state index contributed by atoms with van der Waals surface area (Å²) < 4.78 is 26.4. The molecule has 0 spiro atoms. The highest BCUT2D eigenvalue weighted by molar-refractivity contribution is 6.00. The molecule has 0 aliphatic carbocycles. The average Bonchev–Trinajstić information content (AvgIpc) is 2.36. The topological polar surface area (TPSA) is 58.4 Å². The van der Waals surface area contributed by atoms with Crippen molar-refractivity contribution in [2.24, 2.45) is 0 Å². The molecule has 0 bridgehead atoms. The Balaban J connectivity index is 2.43. The molecule has 0 radical (unpaired) electrons. The predicted octanol–water partition coefficient (Wildman–Crippen LogP) is 2.99. The fourth-order valence-electron chi connectivity index (χ4n) is 1.87. The van der Waals surface area contributed by atoms with E-state index in [0.29, 0.717) is 16.9 Å². The molecule has 6 heteroatoms. The molecule has 2 aromatic carbocycles. The van der Waals surface area contributed by atoms with Gasteiger partial charge in [0.25, 0.3) is 5.91 Å². The van der Waals surface area contributed by atoms with Crippen LogP contribution in [0.25, 0.3) is 0 Å². The molecule has 0 fully saturated rings. The zero-order valence-corrected chi connectivity index (χ0v) is 11.7. The van der Waals surface area contributed by atoms with Crippen molar-refractivity contribution in [2.45, 2.75) is 0 Å². The summed E-state index contributed by atoms with van der Waals surface area (Å²) in [4.78, 5) is 13.5. The third kappa shape index (κ3) is 3.47. The van der Waals surface area contributed by atoms with Crippen molar-refractivity contribution in [3.63, 3.8) is 0 Å². The van der Waals surface area contributed by atoms with E-state index >= 15 is 0 Å². The maximum Gasteiger partial charge on any atom is 0.255 e. The fraction of sp³-hybridized carbons (Fsp3) is 0.133. The number of hydrogen-bond donors (Lipinski definition) is 2. The van der Waals surface area contributed by atoms with Gasteiger partial charge >= 0.3 is 0 Å². The Kier molecular flexibility index (Phi) is 4.07. The predicted molar refractivity (Wildman–Crippen MR) is 78.5 cm³/mol. The summed E-state index contributed by atoms with van der Waals surface area (Å²) >= 11 is 0. The van der Waals surface area contributed by atoms with E-state index in [0.717, 1.165) is 18.2 Å². The van der Waals surface area contributed by atoms with Gasteiger partial charge in [-0.25, -0.2) is 8.78 Å². The molecule has 1 amide bonds. The SMILES string of the molecule is CN(C)C(=O)c1ccc(N)cc1Nc1cc(F)cc(F)c1. The largest absolute Gasteiger partial charge is 0.399 e. The number of nitrogens with zero attached hydrogens (tertiary/aromatic N) is 1. The lowest BCUT2D eigenvalue weighted by Crippen LogP contribution is -2.22. The van der Waals surface area contributed by atoms with Gasteiger partial charge in [0, 0.05) is 31.5 Å². The summed E-state index contributed by atoms with van der Waals surface area (Å²) in [5.41, 5.74) is 7.09. The highest BCUT2D eigenvalue weighted by atomic mass is 19.1. The number of nitrogen functional groups attached to an aromatic ring is 1. The van der Waals surface area contributed by atoms with E-state index in [1.165, 1.54) is 4.90 Å². The number of nitrogens with one attached hydrogen (secondary N) is 1. The number of hydrogen-bond acceptors (Lipinski definition) is 3. The second-order valence-electron chi connectivity index (χ2n) is 4.79. The molecule has 0 aliphatic heterocycles. The first kappa shape index (κ1) is 14.8.